The number of nitrogens with zero attached hydrogens (tertiary/aromatic N) is 3. The highest BCUT2D eigenvalue weighted by Crippen LogP contribution is 2.37. The molecule has 0 radical (unpaired) electrons. The summed E-state index contributed by atoms with van der Waals surface area (Å²) in [5.74, 6) is -0.581. The lowest BCUT2D eigenvalue weighted by atomic mass is 10.1. The van der Waals surface area contributed by atoms with E-state index in [4.69, 9.17) is 0 Å². The standard InChI is InChI=1S/C20H25FN4O3S/c21-15-7-9-16(10-8-15)29(27,28)25-13-5-6-18(25)19-17(14-22-23-19)20(26)24-11-3-1-2-4-12-24/h7-10,14,18H,1-6,11-13H2,(H,22,23)/t18-/m0/s1. The Bertz CT molecular complexity index is 966. The number of nitrogens with one attached hydrogen (secondary N) is 1. The maximum Gasteiger partial charge on any atom is 0.257 e. The third kappa shape index (κ3) is 3.93. The van der Waals surface area contributed by atoms with Gasteiger partial charge in [0.05, 0.1) is 28.4 Å². The van der Waals surface area contributed by atoms with E-state index in [0.29, 0.717) is 43.7 Å². The summed E-state index contributed by atoms with van der Waals surface area (Å²) in [6.45, 7) is 1.78. The highest BCUT2D eigenvalue weighted by Gasteiger charge is 2.39. The predicted molar refractivity (Wildman–Crippen MR) is 105 cm³/mol. The number of aromatic nitrogens is 2. The van der Waals surface area contributed by atoms with Crippen molar-refractivity contribution >= 4 is 15.9 Å². The number of benzene rings is 1. The first-order valence-electron chi connectivity index (χ1n) is 10.1. The van der Waals surface area contributed by atoms with Crippen molar-refractivity contribution in [1.82, 2.24) is 19.4 Å². The smallest absolute Gasteiger partial charge is 0.257 e. The van der Waals surface area contributed by atoms with Crippen LogP contribution in [0.5, 0.6) is 0 Å². The first kappa shape index (κ1) is 20.0. The Morgan fingerprint density at radius 3 is 2.41 bits per heavy atom. The Labute approximate surface area is 169 Å². The van der Waals surface area contributed by atoms with Crippen molar-refractivity contribution in [2.75, 3.05) is 19.6 Å². The summed E-state index contributed by atoms with van der Waals surface area (Å²) in [6.07, 6.45) is 6.98. The zero-order valence-corrected chi connectivity index (χ0v) is 17.0. The number of likely N-dealkylation sites (tertiary alicyclic amines) is 1. The van der Waals surface area contributed by atoms with Crippen LogP contribution in [0.4, 0.5) is 4.39 Å². The molecule has 0 saturated carbocycles. The van der Waals surface area contributed by atoms with Crippen molar-refractivity contribution < 1.29 is 17.6 Å². The van der Waals surface area contributed by atoms with Crippen molar-refractivity contribution in [3.63, 3.8) is 0 Å². The molecule has 29 heavy (non-hydrogen) atoms. The SMILES string of the molecule is O=C(c1cn[nH]c1[C@@H]1CCCN1S(=O)(=O)c1ccc(F)cc1)N1CCCCCC1. The molecule has 0 spiro atoms. The molecular weight excluding hydrogens is 395 g/mol. The zero-order valence-electron chi connectivity index (χ0n) is 16.2. The summed E-state index contributed by atoms with van der Waals surface area (Å²) in [6, 6.07) is 4.34. The molecule has 1 atom stereocenters. The monoisotopic (exact) mass is 420 g/mol. The van der Waals surface area contributed by atoms with Gasteiger partial charge in [-0.15, -0.1) is 0 Å². The highest BCUT2D eigenvalue weighted by atomic mass is 32.2. The van der Waals surface area contributed by atoms with E-state index in [-0.39, 0.29) is 10.8 Å². The fourth-order valence-corrected chi connectivity index (χ4v) is 5.89. The predicted octanol–water partition coefficient (Wildman–Crippen LogP) is 3.09. The average Bonchev–Trinajstić information content (AvgIpc) is 3.31. The third-order valence-electron chi connectivity index (χ3n) is 5.75. The molecule has 1 N–H and O–H groups in total. The highest BCUT2D eigenvalue weighted by molar-refractivity contribution is 7.89. The Morgan fingerprint density at radius 2 is 1.72 bits per heavy atom. The Balaban J connectivity index is 1.62. The molecule has 156 valence electrons. The van der Waals surface area contributed by atoms with Gasteiger partial charge in [-0.25, -0.2) is 12.8 Å². The van der Waals surface area contributed by atoms with Gasteiger partial charge in [-0.3, -0.25) is 9.89 Å². The summed E-state index contributed by atoms with van der Waals surface area (Å²) >= 11 is 0. The van der Waals surface area contributed by atoms with Crippen LogP contribution in [0.15, 0.2) is 35.4 Å². The molecule has 1 aromatic carbocycles. The molecule has 2 fully saturated rings. The van der Waals surface area contributed by atoms with Gasteiger partial charge in [-0.2, -0.15) is 9.40 Å². The molecule has 2 saturated heterocycles. The molecule has 9 heteroatoms. The number of rotatable bonds is 4. The maximum atomic E-state index is 13.2. The number of aromatic amines is 1. The van der Waals surface area contributed by atoms with Crippen LogP contribution in [0.25, 0.3) is 0 Å². The second-order valence-electron chi connectivity index (χ2n) is 7.63. The van der Waals surface area contributed by atoms with Crippen molar-refractivity contribution in [3.8, 4) is 0 Å². The van der Waals surface area contributed by atoms with Gasteiger partial charge in [0.15, 0.2) is 0 Å². The number of amides is 1. The molecule has 1 aromatic heterocycles. The van der Waals surface area contributed by atoms with E-state index in [1.807, 2.05) is 4.90 Å². The van der Waals surface area contributed by atoms with Gasteiger partial charge in [-0.1, -0.05) is 12.8 Å². The van der Waals surface area contributed by atoms with Crippen LogP contribution in [0.1, 0.15) is 60.6 Å². The topological polar surface area (TPSA) is 86.4 Å². The first-order valence-corrected chi connectivity index (χ1v) is 11.5. The molecule has 0 bridgehead atoms. The van der Waals surface area contributed by atoms with E-state index in [1.54, 1.807) is 0 Å². The van der Waals surface area contributed by atoms with Crippen LogP contribution in [0, 0.1) is 5.82 Å². The Hall–Kier alpha value is -2.26. The largest absolute Gasteiger partial charge is 0.339 e. The van der Waals surface area contributed by atoms with Crippen molar-refractivity contribution in [3.05, 3.63) is 47.5 Å². The molecular formula is C20H25FN4O3S. The van der Waals surface area contributed by atoms with E-state index >= 15 is 0 Å². The quantitative estimate of drug-likeness (QED) is 0.824. The third-order valence-corrected chi connectivity index (χ3v) is 7.67. The first-order chi connectivity index (χ1) is 14.0. The van der Waals surface area contributed by atoms with Gasteiger partial charge >= 0.3 is 0 Å². The Kier molecular flexibility index (Phi) is 5.69. The lowest BCUT2D eigenvalue weighted by Gasteiger charge is -2.25. The lowest BCUT2D eigenvalue weighted by molar-refractivity contribution is 0.0759. The van der Waals surface area contributed by atoms with Gasteiger partial charge in [0.2, 0.25) is 10.0 Å². The number of halogens is 1. The lowest BCUT2D eigenvalue weighted by Crippen LogP contribution is -2.34. The molecule has 7 nitrogen and oxygen atoms in total. The molecule has 1 amide bonds. The van der Waals surface area contributed by atoms with Crippen molar-refractivity contribution in [2.24, 2.45) is 0 Å². The summed E-state index contributed by atoms with van der Waals surface area (Å²) < 4.78 is 40.9. The number of sulfonamides is 1. The van der Waals surface area contributed by atoms with Crippen molar-refractivity contribution in [1.29, 1.82) is 0 Å². The summed E-state index contributed by atoms with van der Waals surface area (Å²) in [5, 5.41) is 6.95. The molecule has 4 rings (SSSR count). The fraction of sp³-hybridized carbons (Fsp3) is 0.500. The second-order valence-corrected chi connectivity index (χ2v) is 9.52. The fourth-order valence-electron chi connectivity index (χ4n) is 4.22. The number of carbonyl (C=O) groups is 1. The molecule has 2 aliphatic rings. The molecule has 3 heterocycles. The average molecular weight is 421 g/mol. The van der Waals surface area contributed by atoms with E-state index < -0.39 is 21.9 Å². The van der Waals surface area contributed by atoms with Crippen LogP contribution >= 0.6 is 0 Å². The molecule has 2 aliphatic heterocycles. The van der Waals surface area contributed by atoms with Crippen LogP contribution in [0.2, 0.25) is 0 Å². The molecule has 0 aliphatic carbocycles. The van der Waals surface area contributed by atoms with E-state index in [9.17, 15) is 17.6 Å². The maximum absolute atomic E-state index is 13.2. The van der Waals surface area contributed by atoms with Gasteiger partial charge in [0, 0.05) is 19.6 Å². The number of H-pyrrole nitrogens is 1. The summed E-state index contributed by atoms with van der Waals surface area (Å²) in [4.78, 5) is 15.0. The van der Waals surface area contributed by atoms with Gasteiger partial charge < -0.3 is 4.90 Å². The second kappa shape index (κ2) is 8.23. The molecule has 2 aromatic rings. The van der Waals surface area contributed by atoms with Gasteiger partial charge in [0.25, 0.3) is 5.91 Å². The van der Waals surface area contributed by atoms with Crippen LogP contribution in [-0.4, -0.2) is 53.4 Å². The minimum absolute atomic E-state index is 0.0470. The minimum Gasteiger partial charge on any atom is -0.339 e. The minimum atomic E-state index is -3.81. The number of carbonyl (C=O) groups excluding carboxylic acids is 1. The normalized spacial score (nSPS) is 21.3. The van der Waals surface area contributed by atoms with Crippen LogP contribution in [-0.2, 0) is 10.0 Å². The Morgan fingerprint density at radius 1 is 1.03 bits per heavy atom. The number of hydrogen-bond donors (Lipinski definition) is 1. The van der Waals surface area contributed by atoms with E-state index in [2.05, 4.69) is 10.2 Å². The summed E-state index contributed by atoms with van der Waals surface area (Å²) in [5.41, 5.74) is 0.987. The van der Waals surface area contributed by atoms with Crippen LogP contribution < -0.4 is 0 Å². The van der Waals surface area contributed by atoms with E-state index in [1.165, 1.54) is 22.6 Å². The van der Waals surface area contributed by atoms with Crippen LogP contribution in [0.3, 0.4) is 0 Å². The van der Waals surface area contributed by atoms with E-state index in [0.717, 1.165) is 37.8 Å². The van der Waals surface area contributed by atoms with Crippen molar-refractivity contribution in [2.45, 2.75) is 49.5 Å². The molecule has 0 unspecified atom stereocenters. The summed E-state index contributed by atoms with van der Waals surface area (Å²) in [7, 11) is -3.81. The van der Waals surface area contributed by atoms with Gasteiger partial charge in [-0.05, 0) is 49.9 Å². The van der Waals surface area contributed by atoms with Gasteiger partial charge in [0.1, 0.15) is 5.82 Å². The zero-order chi connectivity index (χ0) is 20.4. The number of hydrogen-bond acceptors (Lipinski definition) is 4.